The van der Waals surface area contributed by atoms with Crippen LogP contribution in [0.2, 0.25) is 0 Å². The molecule has 23 heavy (non-hydrogen) atoms. The average Bonchev–Trinajstić information content (AvgIpc) is 2.46. The number of aromatic nitrogens is 1. The van der Waals surface area contributed by atoms with Gasteiger partial charge < -0.3 is 4.55 Å². The van der Waals surface area contributed by atoms with Gasteiger partial charge in [-0.15, -0.1) is 0 Å². The van der Waals surface area contributed by atoms with Gasteiger partial charge in [-0.1, -0.05) is 30.3 Å². The fourth-order valence-corrected chi connectivity index (χ4v) is 1.50. The summed E-state index contributed by atoms with van der Waals surface area (Å²) >= 11 is 0. The van der Waals surface area contributed by atoms with Crippen molar-refractivity contribution in [3.63, 3.8) is 0 Å². The molecule has 5 nitrogen and oxygen atoms in total. The van der Waals surface area contributed by atoms with Crippen molar-refractivity contribution in [2.45, 2.75) is 5.51 Å². The number of hydrogen-bond acceptors (Lipinski definition) is 4. The lowest BCUT2D eigenvalue weighted by molar-refractivity contribution is -0.673. The van der Waals surface area contributed by atoms with Crippen LogP contribution in [0, 0.1) is 0 Å². The van der Waals surface area contributed by atoms with E-state index in [1.807, 2.05) is 66.3 Å². The molecule has 0 aliphatic rings. The zero-order valence-corrected chi connectivity index (χ0v) is 12.6. The third-order valence-electron chi connectivity index (χ3n) is 2.61. The first-order valence-electron chi connectivity index (χ1n) is 6.10. The smallest absolute Gasteiger partial charge is 0.485 e. The summed E-state index contributed by atoms with van der Waals surface area (Å²) in [5.74, 6) is 0.0544. The first-order valence-corrected chi connectivity index (χ1v) is 7.51. The minimum Gasteiger partial charge on any atom is -0.741 e. The monoisotopic (exact) mass is 347 g/mol. The predicted octanol–water partition coefficient (Wildman–Crippen LogP) is 1.79. The van der Waals surface area contributed by atoms with Gasteiger partial charge in [0.15, 0.2) is 16.3 Å². The number of pyridine rings is 1. The molecule has 0 bridgehead atoms. The van der Waals surface area contributed by atoms with Gasteiger partial charge in [-0.2, -0.15) is 17.7 Å². The van der Waals surface area contributed by atoms with E-state index in [4.69, 9.17) is 13.0 Å². The molecule has 0 unspecified atom stereocenters. The Hall–Kier alpha value is -2.26. The van der Waals surface area contributed by atoms with Crippen LogP contribution in [0.25, 0.3) is 0 Å². The van der Waals surface area contributed by atoms with E-state index in [0.717, 1.165) is 5.56 Å². The van der Waals surface area contributed by atoms with E-state index in [2.05, 4.69) is 0 Å². The van der Waals surface area contributed by atoms with Crippen molar-refractivity contribution in [3.05, 3.63) is 66.0 Å². The minimum absolute atomic E-state index is 0.0544. The SMILES string of the molecule is C[n+]1ccccc1C(=O)c1ccccc1.O=S(=O)([O-])C(F)(F)F. The summed E-state index contributed by atoms with van der Waals surface area (Å²) in [5.41, 5.74) is -4.23. The van der Waals surface area contributed by atoms with Crippen LogP contribution in [0.3, 0.4) is 0 Å². The lowest BCUT2D eigenvalue weighted by Crippen LogP contribution is -2.35. The second-order valence-corrected chi connectivity index (χ2v) is 5.66. The molecule has 1 aromatic carbocycles. The number of carbonyl (C=O) groups excluding carboxylic acids is 1. The molecule has 0 fully saturated rings. The maximum absolute atomic E-state index is 12.0. The van der Waals surface area contributed by atoms with Crippen LogP contribution in [0.1, 0.15) is 16.1 Å². The van der Waals surface area contributed by atoms with E-state index in [1.54, 1.807) is 0 Å². The van der Waals surface area contributed by atoms with E-state index in [0.29, 0.717) is 5.69 Å². The van der Waals surface area contributed by atoms with Gasteiger partial charge in [0.1, 0.15) is 7.05 Å². The molecule has 0 atom stereocenters. The van der Waals surface area contributed by atoms with Crippen molar-refractivity contribution in [3.8, 4) is 0 Å². The van der Waals surface area contributed by atoms with Crippen LogP contribution in [0.15, 0.2) is 54.7 Å². The fourth-order valence-electron chi connectivity index (χ4n) is 1.50. The number of halogens is 3. The summed E-state index contributed by atoms with van der Waals surface area (Å²) in [6.45, 7) is 0. The van der Waals surface area contributed by atoms with E-state index >= 15 is 0 Å². The van der Waals surface area contributed by atoms with E-state index in [9.17, 15) is 18.0 Å². The van der Waals surface area contributed by atoms with Crippen molar-refractivity contribution in [1.29, 1.82) is 0 Å². The summed E-state index contributed by atoms with van der Waals surface area (Å²) < 4.78 is 60.7. The molecule has 0 aliphatic carbocycles. The molecule has 1 aromatic heterocycles. The second kappa shape index (κ2) is 7.34. The number of benzene rings is 1. The number of aryl methyl sites for hydroxylation is 1. The second-order valence-electron chi connectivity index (χ2n) is 4.29. The molecular formula is C14H12F3NO4S. The summed E-state index contributed by atoms with van der Waals surface area (Å²) in [5, 5.41) is 0. The van der Waals surface area contributed by atoms with Gasteiger partial charge >= 0.3 is 5.51 Å². The lowest BCUT2D eigenvalue weighted by Gasteiger charge is -2.08. The van der Waals surface area contributed by atoms with Gasteiger partial charge in [0.05, 0.1) is 0 Å². The van der Waals surface area contributed by atoms with Crippen molar-refractivity contribution in [1.82, 2.24) is 0 Å². The molecule has 2 aromatic rings. The number of ketones is 1. The van der Waals surface area contributed by atoms with Gasteiger partial charge in [0.25, 0.3) is 11.5 Å². The van der Waals surface area contributed by atoms with E-state index < -0.39 is 15.6 Å². The molecule has 9 heteroatoms. The third kappa shape index (κ3) is 5.46. The summed E-state index contributed by atoms with van der Waals surface area (Å²) in [7, 11) is -4.22. The maximum atomic E-state index is 12.0. The van der Waals surface area contributed by atoms with Crippen LogP contribution in [0.5, 0.6) is 0 Å². The van der Waals surface area contributed by atoms with Crippen LogP contribution >= 0.6 is 0 Å². The highest BCUT2D eigenvalue weighted by atomic mass is 32.2. The number of hydrogen-bond donors (Lipinski definition) is 0. The highest BCUT2D eigenvalue weighted by Crippen LogP contribution is 2.20. The average molecular weight is 347 g/mol. The molecule has 0 aliphatic heterocycles. The van der Waals surface area contributed by atoms with Gasteiger partial charge in [-0.25, -0.2) is 8.42 Å². The predicted molar refractivity (Wildman–Crippen MR) is 73.2 cm³/mol. The quantitative estimate of drug-likeness (QED) is 0.359. The highest BCUT2D eigenvalue weighted by molar-refractivity contribution is 7.86. The Morgan fingerprint density at radius 1 is 1.04 bits per heavy atom. The molecule has 0 saturated heterocycles. The number of rotatable bonds is 2. The molecule has 124 valence electrons. The topological polar surface area (TPSA) is 78.1 Å². The Balaban J connectivity index is 0.000000284. The summed E-state index contributed by atoms with van der Waals surface area (Å²) in [6.07, 6.45) is 1.87. The van der Waals surface area contributed by atoms with Crippen molar-refractivity contribution < 1.29 is 35.5 Å². The molecule has 0 amide bonds. The van der Waals surface area contributed by atoms with Gasteiger partial charge in [0, 0.05) is 17.7 Å². The summed E-state index contributed by atoms with van der Waals surface area (Å²) in [4.78, 5) is 12.0. The Labute approximate surface area is 130 Å². The zero-order chi connectivity index (χ0) is 17.7. The highest BCUT2D eigenvalue weighted by Gasteiger charge is 2.36. The number of carbonyl (C=O) groups is 1. The van der Waals surface area contributed by atoms with Gasteiger partial charge in [-0.3, -0.25) is 4.79 Å². The van der Waals surface area contributed by atoms with Crippen LogP contribution in [-0.4, -0.2) is 24.3 Å². The van der Waals surface area contributed by atoms with Crippen LogP contribution < -0.4 is 4.57 Å². The van der Waals surface area contributed by atoms with Crippen molar-refractivity contribution in [2.75, 3.05) is 0 Å². The zero-order valence-electron chi connectivity index (χ0n) is 11.8. The number of nitrogens with zero attached hydrogens (tertiary/aromatic N) is 1. The largest absolute Gasteiger partial charge is 0.741 e. The fraction of sp³-hybridized carbons (Fsp3) is 0.143. The Bertz CT molecular complexity index is 774. The summed E-state index contributed by atoms with van der Waals surface area (Å²) in [6, 6.07) is 14.9. The first kappa shape index (κ1) is 18.8. The minimum atomic E-state index is -6.09. The van der Waals surface area contributed by atoms with Gasteiger partial charge in [-0.05, 0) is 6.07 Å². The van der Waals surface area contributed by atoms with E-state index in [-0.39, 0.29) is 5.78 Å². The standard InChI is InChI=1S/C13H12NO.CHF3O3S/c1-14-10-6-5-9-12(14)13(15)11-7-3-2-4-8-11;2-1(3,4)8(5,6)7/h2-10H,1H3;(H,5,6,7)/q+1;/p-1. The Kier molecular flexibility index (Phi) is 5.99. The molecule has 0 spiro atoms. The Morgan fingerprint density at radius 3 is 1.96 bits per heavy atom. The number of alkyl halides is 3. The van der Waals surface area contributed by atoms with Crippen molar-refractivity contribution in [2.24, 2.45) is 7.05 Å². The van der Waals surface area contributed by atoms with Crippen LogP contribution in [0.4, 0.5) is 13.2 Å². The lowest BCUT2D eigenvalue weighted by atomic mass is 10.1. The molecule has 0 radical (unpaired) electrons. The molecule has 2 rings (SSSR count). The third-order valence-corrected chi connectivity index (χ3v) is 3.17. The molecule has 0 saturated carbocycles. The first-order chi connectivity index (χ1) is 10.5. The molecular weight excluding hydrogens is 335 g/mol. The maximum Gasteiger partial charge on any atom is 0.485 e. The van der Waals surface area contributed by atoms with Gasteiger partial charge in [0.2, 0.25) is 0 Å². The molecule has 0 N–H and O–H groups in total. The normalized spacial score (nSPS) is 11.3. The van der Waals surface area contributed by atoms with Crippen LogP contribution in [-0.2, 0) is 17.2 Å². The van der Waals surface area contributed by atoms with Crippen molar-refractivity contribution >= 4 is 15.9 Å². The van der Waals surface area contributed by atoms with E-state index in [1.165, 1.54) is 0 Å². The molecule has 1 heterocycles. The Morgan fingerprint density at radius 2 is 1.52 bits per heavy atom.